The molecule has 1 saturated heterocycles. The monoisotopic (exact) mass is 312 g/mol. The Morgan fingerprint density at radius 1 is 1.35 bits per heavy atom. The number of nitrogens with zero attached hydrogens (tertiary/aromatic N) is 3. The van der Waals surface area contributed by atoms with Crippen molar-refractivity contribution in [2.75, 3.05) is 19.6 Å². The molecule has 1 atom stereocenters. The number of carbonyl (C=O) groups excluding carboxylic acids is 1. The molecule has 5 nitrogen and oxygen atoms in total. The van der Waals surface area contributed by atoms with Gasteiger partial charge in [-0.25, -0.2) is 4.98 Å². The Bertz CT molecular complexity index is 637. The van der Waals surface area contributed by atoms with Crippen molar-refractivity contribution in [2.24, 2.45) is 13.0 Å². The average Bonchev–Trinajstić information content (AvgIpc) is 3.00. The third-order valence-corrected chi connectivity index (χ3v) is 4.45. The lowest BCUT2D eigenvalue weighted by atomic mass is 9.97. The zero-order valence-corrected chi connectivity index (χ0v) is 13.6. The van der Waals surface area contributed by atoms with Gasteiger partial charge in [0.1, 0.15) is 5.69 Å². The molecule has 1 amide bonds. The van der Waals surface area contributed by atoms with Gasteiger partial charge in [0.05, 0.1) is 12.5 Å². The molecule has 2 heterocycles. The number of aromatic nitrogens is 2. The van der Waals surface area contributed by atoms with Gasteiger partial charge in [0.15, 0.2) is 0 Å². The number of hydrogen-bond acceptors (Lipinski definition) is 3. The van der Waals surface area contributed by atoms with Gasteiger partial charge in [-0.2, -0.15) is 0 Å². The van der Waals surface area contributed by atoms with E-state index in [0.717, 1.165) is 26.2 Å². The SMILES string of the molecule is Cn1cncc1C(=O)NCC1CCCN(Cc2ccccc2)C1. The van der Waals surface area contributed by atoms with E-state index in [0.29, 0.717) is 11.6 Å². The smallest absolute Gasteiger partial charge is 0.269 e. The third-order valence-electron chi connectivity index (χ3n) is 4.45. The van der Waals surface area contributed by atoms with Crippen LogP contribution in [-0.4, -0.2) is 40.0 Å². The van der Waals surface area contributed by atoms with Crippen LogP contribution in [0, 0.1) is 5.92 Å². The Morgan fingerprint density at radius 3 is 2.91 bits per heavy atom. The van der Waals surface area contributed by atoms with Gasteiger partial charge >= 0.3 is 0 Å². The number of carbonyl (C=O) groups is 1. The van der Waals surface area contributed by atoms with Crippen LogP contribution < -0.4 is 5.32 Å². The van der Waals surface area contributed by atoms with E-state index in [9.17, 15) is 4.79 Å². The van der Waals surface area contributed by atoms with E-state index >= 15 is 0 Å². The van der Waals surface area contributed by atoms with Gasteiger partial charge in [-0.05, 0) is 30.9 Å². The van der Waals surface area contributed by atoms with Gasteiger partial charge < -0.3 is 9.88 Å². The molecule has 1 aromatic heterocycles. The van der Waals surface area contributed by atoms with E-state index in [4.69, 9.17) is 0 Å². The summed E-state index contributed by atoms with van der Waals surface area (Å²) in [6.07, 6.45) is 5.63. The van der Waals surface area contributed by atoms with Crippen LogP contribution in [0.15, 0.2) is 42.9 Å². The second kappa shape index (κ2) is 7.42. The highest BCUT2D eigenvalue weighted by atomic mass is 16.1. The molecule has 0 bridgehead atoms. The molecule has 1 unspecified atom stereocenters. The topological polar surface area (TPSA) is 50.2 Å². The quantitative estimate of drug-likeness (QED) is 0.919. The second-order valence-electron chi connectivity index (χ2n) is 6.33. The van der Waals surface area contributed by atoms with E-state index < -0.39 is 0 Å². The predicted octanol–water partition coefficient (Wildman–Crippen LogP) is 2.06. The fraction of sp³-hybridized carbons (Fsp3) is 0.444. The molecule has 0 spiro atoms. The van der Waals surface area contributed by atoms with E-state index in [1.54, 1.807) is 17.1 Å². The maximum Gasteiger partial charge on any atom is 0.269 e. The molecular weight excluding hydrogens is 288 g/mol. The van der Waals surface area contributed by atoms with E-state index in [2.05, 4.69) is 45.5 Å². The van der Waals surface area contributed by atoms with Crippen molar-refractivity contribution >= 4 is 5.91 Å². The first-order valence-corrected chi connectivity index (χ1v) is 8.23. The van der Waals surface area contributed by atoms with E-state index in [-0.39, 0.29) is 5.91 Å². The molecule has 2 aromatic rings. The number of piperidine rings is 1. The predicted molar refractivity (Wildman–Crippen MR) is 90.0 cm³/mol. The van der Waals surface area contributed by atoms with Crippen LogP contribution in [0.2, 0.25) is 0 Å². The summed E-state index contributed by atoms with van der Waals surface area (Å²) in [5.41, 5.74) is 1.97. The van der Waals surface area contributed by atoms with Crippen LogP contribution in [-0.2, 0) is 13.6 Å². The molecule has 1 N–H and O–H groups in total. The van der Waals surface area contributed by atoms with Crippen molar-refractivity contribution in [3.8, 4) is 0 Å². The van der Waals surface area contributed by atoms with Crippen LogP contribution >= 0.6 is 0 Å². The summed E-state index contributed by atoms with van der Waals surface area (Å²) >= 11 is 0. The maximum absolute atomic E-state index is 12.2. The number of nitrogens with one attached hydrogen (secondary N) is 1. The zero-order chi connectivity index (χ0) is 16.1. The Morgan fingerprint density at radius 2 is 2.17 bits per heavy atom. The third kappa shape index (κ3) is 4.20. The first-order chi connectivity index (χ1) is 11.2. The summed E-state index contributed by atoms with van der Waals surface area (Å²) in [6, 6.07) is 10.6. The number of imidazole rings is 1. The fourth-order valence-corrected chi connectivity index (χ4v) is 3.21. The Balaban J connectivity index is 1.49. The van der Waals surface area contributed by atoms with Gasteiger partial charge in [0, 0.05) is 26.7 Å². The number of amides is 1. The van der Waals surface area contributed by atoms with Crippen molar-refractivity contribution in [3.05, 3.63) is 54.1 Å². The minimum absolute atomic E-state index is 0.0369. The molecule has 1 fully saturated rings. The molecule has 1 aromatic carbocycles. The number of benzene rings is 1. The summed E-state index contributed by atoms with van der Waals surface area (Å²) in [4.78, 5) is 18.6. The maximum atomic E-state index is 12.2. The first-order valence-electron chi connectivity index (χ1n) is 8.23. The molecule has 0 saturated carbocycles. The first kappa shape index (κ1) is 15.7. The standard InChI is InChI=1S/C18H24N4O/c1-21-14-19-11-17(21)18(23)20-10-16-8-5-9-22(13-16)12-15-6-3-2-4-7-15/h2-4,6-7,11,14,16H,5,8-10,12-13H2,1H3,(H,20,23). The highest BCUT2D eigenvalue weighted by Gasteiger charge is 2.21. The lowest BCUT2D eigenvalue weighted by molar-refractivity contribution is 0.0922. The molecule has 1 aliphatic rings. The van der Waals surface area contributed by atoms with Gasteiger partial charge in [0.25, 0.3) is 5.91 Å². The summed E-state index contributed by atoms with van der Waals surface area (Å²) < 4.78 is 1.75. The Labute approximate surface area is 137 Å². The molecule has 0 radical (unpaired) electrons. The van der Waals surface area contributed by atoms with Crippen LogP contribution in [0.25, 0.3) is 0 Å². The van der Waals surface area contributed by atoms with Crippen LogP contribution in [0.4, 0.5) is 0 Å². The summed E-state index contributed by atoms with van der Waals surface area (Å²) in [6.45, 7) is 3.91. The second-order valence-corrected chi connectivity index (χ2v) is 6.33. The minimum Gasteiger partial charge on any atom is -0.350 e. The van der Waals surface area contributed by atoms with Crippen LogP contribution in [0.5, 0.6) is 0 Å². The highest BCUT2D eigenvalue weighted by molar-refractivity contribution is 5.92. The van der Waals surface area contributed by atoms with Crippen molar-refractivity contribution in [2.45, 2.75) is 19.4 Å². The summed E-state index contributed by atoms with van der Waals surface area (Å²) in [7, 11) is 1.84. The fourth-order valence-electron chi connectivity index (χ4n) is 3.21. The largest absolute Gasteiger partial charge is 0.350 e. The van der Waals surface area contributed by atoms with Gasteiger partial charge in [0.2, 0.25) is 0 Å². The lowest BCUT2D eigenvalue weighted by Gasteiger charge is -2.32. The van der Waals surface area contributed by atoms with Crippen LogP contribution in [0.1, 0.15) is 28.9 Å². The Kier molecular flexibility index (Phi) is 5.08. The van der Waals surface area contributed by atoms with E-state index in [1.807, 2.05) is 7.05 Å². The summed E-state index contributed by atoms with van der Waals surface area (Å²) in [5, 5.41) is 3.05. The van der Waals surface area contributed by atoms with Crippen molar-refractivity contribution in [3.63, 3.8) is 0 Å². The molecule has 1 aliphatic heterocycles. The summed E-state index contributed by atoms with van der Waals surface area (Å²) in [5.74, 6) is 0.481. The molecule has 0 aliphatic carbocycles. The van der Waals surface area contributed by atoms with Gasteiger partial charge in [-0.3, -0.25) is 9.69 Å². The number of rotatable bonds is 5. The normalized spacial score (nSPS) is 18.7. The van der Waals surface area contributed by atoms with Crippen molar-refractivity contribution in [1.82, 2.24) is 19.8 Å². The molecule has 23 heavy (non-hydrogen) atoms. The van der Waals surface area contributed by atoms with E-state index in [1.165, 1.54) is 18.4 Å². The highest BCUT2D eigenvalue weighted by Crippen LogP contribution is 2.18. The van der Waals surface area contributed by atoms with Crippen molar-refractivity contribution in [1.29, 1.82) is 0 Å². The van der Waals surface area contributed by atoms with Crippen molar-refractivity contribution < 1.29 is 4.79 Å². The zero-order valence-electron chi connectivity index (χ0n) is 13.6. The van der Waals surface area contributed by atoms with Crippen LogP contribution in [0.3, 0.4) is 0 Å². The molecular formula is C18H24N4O. The number of likely N-dealkylation sites (tertiary alicyclic amines) is 1. The molecule has 3 rings (SSSR count). The van der Waals surface area contributed by atoms with Gasteiger partial charge in [-0.1, -0.05) is 30.3 Å². The number of hydrogen-bond donors (Lipinski definition) is 1. The number of aryl methyl sites for hydroxylation is 1. The van der Waals surface area contributed by atoms with Gasteiger partial charge in [-0.15, -0.1) is 0 Å². The lowest BCUT2D eigenvalue weighted by Crippen LogP contribution is -2.40. The average molecular weight is 312 g/mol. The molecule has 122 valence electrons. The Hall–Kier alpha value is -2.14. The molecule has 5 heteroatoms. The minimum atomic E-state index is -0.0369.